The van der Waals surface area contributed by atoms with Crippen LogP contribution in [0.4, 0.5) is 0 Å². The summed E-state index contributed by atoms with van der Waals surface area (Å²) in [6.07, 6.45) is 0.678. The fourth-order valence-electron chi connectivity index (χ4n) is 1.79. The minimum Gasteiger partial charge on any atom is -0.343 e. The molecular weight excluding hydrogens is 170 g/mol. The third-order valence-electron chi connectivity index (χ3n) is 2.69. The first-order valence-corrected chi connectivity index (χ1v) is 4.48. The summed E-state index contributed by atoms with van der Waals surface area (Å²) in [7, 11) is 0. The Kier molecular flexibility index (Phi) is 1.76. The van der Waals surface area contributed by atoms with Crippen LogP contribution in [-0.4, -0.2) is 36.5 Å². The van der Waals surface area contributed by atoms with Crippen LogP contribution in [0.1, 0.15) is 13.3 Å². The molecule has 5 heteroatoms. The second kappa shape index (κ2) is 2.70. The highest BCUT2D eigenvalue weighted by Gasteiger charge is 2.47. The van der Waals surface area contributed by atoms with Crippen molar-refractivity contribution in [1.82, 2.24) is 16.0 Å². The lowest BCUT2D eigenvalue weighted by molar-refractivity contribution is -0.140. The van der Waals surface area contributed by atoms with Gasteiger partial charge in [0.15, 0.2) is 0 Å². The maximum absolute atomic E-state index is 11.6. The average molecular weight is 183 g/mol. The fraction of sp³-hybridized carbons (Fsp3) is 0.750. The molecule has 13 heavy (non-hydrogen) atoms. The van der Waals surface area contributed by atoms with Crippen molar-refractivity contribution in [3.8, 4) is 0 Å². The Hall–Kier alpha value is -1.10. The molecule has 2 amide bonds. The molecule has 0 bridgehead atoms. The molecular formula is C8H13N3O2. The van der Waals surface area contributed by atoms with E-state index >= 15 is 0 Å². The van der Waals surface area contributed by atoms with Crippen LogP contribution in [-0.2, 0) is 9.59 Å². The summed E-state index contributed by atoms with van der Waals surface area (Å²) >= 11 is 0. The molecule has 2 rings (SSSR count). The van der Waals surface area contributed by atoms with Gasteiger partial charge in [-0.2, -0.15) is 0 Å². The number of carbonyl (C=O) groups is 2. The summed E-state index contributed by atoms with van der Waals surface area (Å²) in [4.78, 5) is 23.0. The number of nitrogens with one attached hydrogen (secondary N) is 3. The number of rotatable bonds is 0. The summed E-state index contributed by atoms with van der Waals surface area (Å²) in [6.45, 7) is 3.00. The lowest BCUT2D eigenvalue weighted by Gasteiger charge is -2.35. The van der Waals surface area contributed by atoms with Gasteiger partial charge in [-0.3, -0.25) is 9.59 Å². The van der Waals surface area contributed by atoms with Gasteiger partial charge in [0.25, 0.3) is 0 Å². The maximum atomic E-state index is 11.6. The second-order valence-electron chi connectivity index (χ2n) is 3.69. The van der Waals surface area contributed by atoms with E-state index in [1.54, 1.807) is 6.92 Å². The smallest absolute Gasteiger partial charge is 0.247 e. The number of carbonyl (C=O) groups excluding carboxylic acids is 2. The second-order valence-corrected chi connectivity index (χ2v) is 3.69. The highest BCUT2D eigenvalue weighted by Crippen LogP contribution is 2.18. The minimum absolute atomic E-state index is 0.0652. The largest absolute Gasteiger partial charge is 0.343 e. The first kappa shape index (κ1) is 8.50. The van der Waals surface area contributed by atoms with Crippen molar-refractivity contribution in [3.63, 3.8) is 0 Å². The van der Waals surface area contributed by atoms with E-state index in [0.717, 1.165) is 6.54 Å². The van der Waals surface area contributed by atoms with E-state index in [2.05, 4.69) is 16.0 Å². The van der Waals surface area contributed by atoms with Gasteiger partial charge in [-0.1, -0.05) is 0 Å². The number of piperazine rings is 1. The van der Waals surface area contributed by atoms with Crippen molar-refractivity contribution in [2.45, 2.75) is 24.9 Å². The Labute approximate surface area is 76.3 Å². The molecule has 5 nitrogen and oxygen atoms in total. The Morgan fingerprint density at radius 2 is 2.23 bits per heavy atom. The van der Waals surface area contributed by atoms with Crippen LogP contribution in [0.15, 0.2) is 0 Å². The molecule has 2 fully saturated rings. The molecule has 0 saturated carbocycles. The summed E-state index contributed by atoms with van der Waals surface area (Å²) in [5.41, 5.74) is -0.677. The molecule has 3 N–H and O–H groups in total. The highest BCUT2D eigenvalue weighted by atomic mass is 16.2. The quantitative estimate of drug-likeness (QED) is 0.421. The third kappa shape index (κ3) is 1.19. The molecule has 0 aromatic carbocycles. The Morgan fingerprint density at radius 1 is 1.46 bits per heavy atom. The third-order valence-corrected chi connectivity index (χ3v) is 2.69. The minimum atomic E-state index is -0.677. The first-order chi connectivity index (χ1) is 6.14. The number of hydrogen-bond donors (Lipinski definition) is 3. The van der Waals surface area contributed by atoms with E-state index < -0.39 is 11.6 Å². The zero-order valence-corrected chi connectivity index (χ0v) is 7.52. The molecule has 0 aromatic heterocycles. The van der Waals surface area contributed by atoms with Crippen LogP contribution >= 0.6 is 0 Å². The molecule has 2 heterocycles. The summed E-state index contributed by atoms with van der Waals surface area (Å²) < 4.78 is 0. The molecule has 2 atom stereocenters. The van der Waals surface area contributed by atoms with Gasteiger partial charge in [0, 0.05) is 6.54 Å². The summed E-state index contributed by atoms with van der Waals surface area (Å²) in [5.74, 6) is -0.159. The predicted octanol–water partition coefficient (Wildman–Crippen LogP) is -1.65. The summed E-state index contributed by atoms with van der Waals surface area (Å²) in [6, 6.07) is -0.404. The lowest BCUT2D eigenvalue weighted by Crippen LogP contribution is -2.69. The molecule has 0 aliphatic carbocycles. The van der Waals surface area contributed by atoms with Crippen LogP contribution in [0.3, 0.4) is 0 Å². The van der Waals surface area contributed by atoms with Crippen LogP contribution < -0.4 is 16.0 Å². The normalized spacial score (nSPS) is 39.0. The van der Waals surface area contributed by atoms with Crippen molar-refractivity contribution in [2.24, 2.45) is 0 Å². The molecule has 0 aromatic rings. The molecule has 2 aliphatic rings. The monoisotopic (exact) mass is 183 g/mol. The number of hydrogen-bond acceptors (Lipinski definition) is 3. The SMILES string of the molecule is C[C@H]1NC(=O)C2(CCNC2)NC1=O. The van der Waals surface area contributed by atoms with Crippen molar-refractivity contribution < 1.29 is 9.59 Å². The van der Waals surface area contributed by atoms with Gasteiger partial charge in [0.2, 0.25) is 11.8 Å². The highest BCUT2D eigenvalue weighted by molar-refractivity contribution is 6.00. The molecule has 2 aliphatic heterocycles. The fourth-order valence-corrected chi connectivity index (χ4v) is 1.79. The Balaban J connectivity index is 2.20. The van der Waals surface area contributed by atoms with E-state index in [-0.39, 0.29) is 11.8 Å². The molecule has 0 radical (unpaired) electrons. The van der Waals surface area contributed by atoms with E-state index in [4.69, 9.17) is 0 Å². The van der Waals surface area contributed by atoms with Gasteiger partial charge >= 0.3 is 0 Å². The Bertz CT molecular complexity index is 258. The lowest BCUT2D eigenvalue weighted by atomic mass is 9.94. The standard InChI is InChI=1S/C8H13N3O2/c1-5-6(12)11-8(7(13)10-5)2-3-9-4-8/h5,9H,2-4H2,1H3,(H,10,13)(H,11,12)/t5-,8?/m1/s1. The predicted molar refractivity (Wildman–Crippen MR) is 46.0 cm³/mol. The summed E-state index contributed by atoms with van der Waals surface area (Å²) in [5, 5.41) is 8.52. The van der Waals surface area contributed by atoms with Crippen LogP contribution in [0.5, 0.6) is 0 Å². The average Bonchev–Trinajstić information content (AvgIpc) is 2.51. The topological polar surface area (TPSA) is 70.2 Å². The van der Waals surface area contributed by atoms with Crippen LogP contribution in [0.2, 0.25) is 0 Å². The molecule has 72 valence electrons. The number of amides is 2. The van der Waals surface area contributed by atoms with E-state index in [0.29, 0.717) is 13.0 Å². The zero-order valence-electron chi connectivity index (χ0n) is 7.52. The van der Waals surface area contributed by atoms with E-state index in [9.17, 15) is 9.59 Å². The van der Waals surface area contributed by atoms with Crippen molar-refractivity contribution in [2.75, 3.05) is 13.1 Å². The molecule has 2 saturated heterocycles. The Morgan fingerprint density at radius 3 is 2.85 bits per heavy atom. The van der Waals surface area contributed by atoms with Gasteiger partial charge in [-0.05, 0) is 19.9 Å². The molecule has 1 spiro atoms. The van der Waals surface area contributed by atoms with Crippen molar-refractivity contribution in [3.05, 3.63) is 0 Å². The van der Waals surface area contributed by atoms with E-state index in [1.165, 1.54) is 0 Å². The van der Waals surface area contributed by atoms with Crippen molar-refractivity contribution in [1.29, 1.82) is 0 Å². The first-order valence-electron chi connectivity index (χ1n) is 4.48. The van der Waals surface area contributed by atoms with Crippen molar-refractivity contribution >= 4 is 11.8 Å². The van der Waals surface area contributed by atoms with Gasteiger partial charge in [0.1, 0.15) is 11.6 Å². The van der Waals surface area contributed by atoms with Gasteiger partial charge in [0.05, 0.1) is 0 Å². The zero-order chi connectivity index (χ0) is 9.47. The molecule has 1 unspecified atom stereocenters. The van der Waals surface area contributed by atoms with Gasteiger partial charge < -0.3 is 16.0 Å². The van der Waals surface area contributed by atoms with Crippen LogP contribution in [0.25, 0.3) is 0 Å². The van der Waals surface area contributed by atoms with E-state index in [1.807, 2.05) is 0 Å². The van der Waals surface area contributed by atoms with Gasteiger partial charge in [-0.25, -0.2) is 0 Å². The van der Waals surface area contributed by atoms with Crippen LogP contribution in [0, 0.1) is 0 Å². The van der Waals surface area contributed by atoms with Gasteiger partial charge in [-0.15, -0.1) is 0 Å². The maximum Gasteiger partial charge on any atom is 0.247 e.